The van der Waals surface area contributed by atoms with E-state index in [0.29, 0.717) is 21.5 Å². The van der Waals surface area contributed by atoms with Crippen molar-refractivity contribution in [3.8, 4) is 11.3 Å². The van der Waals surface area contributed by atoms with E-state index in [1.54, 1.807) is 6.92 Å². The Morgan fingerprint density at radius 2 is 1.62 bits per heavy atom. The summed E-state index contributed by atoms with van der Waals surface area (Å²) in [6, 6.07) is 7.09. The van der Waals surface area contributed by atoms with Gasteiger partial charge in [0.15, 0.2) is 0 Å². The minimum atomic E-state index is -0.612. The number of hydrogen-bond donors (Lipinski definition) is 0. The molecule has 0 N–H and O–H groups in total. The van der Waals surface area contributed by atoms with E-state index in [4.69, 9.17) is 11.6 Å². The molecular weight excluding hydrogens is 299 g/mol. The minimum absolute atomic E-state index is 0.000520. The third kappa shape index (κ3) is 2.36. The second-order valence-electron chi connectivity index (χ2n) is 4.69. The average Bonchev–Trinajstić information content (AvgIpc) is 2.45. The number of fused-ring (bicyclic) bond motifs is 1. The smallest absolute Gasteiger partial charge is 0.132 e. The van der Waals surface area contributed by atoms with Crippen LogP contribution in [-0.2, 0) is 0 Å². The molecule has 0 saturated heterocycles. The lowest BCUT2D eigenvalue weighted by Crippen LogP contribution is -1.96. The van der Waals surface area contributed by atoms with Crippen molar-refractivity contribution in [2.75, 3.05) is 0 Å². The Kier molecular flexibility index (Phi) is 3.33. The lowest BCUT2D eigenvalue weighted by Gasteiger charge is -2.11. The van der Waals surface area contributed by atoms with Gasteiger partial charge in [0.25, 0.3) is 0 Å². The first kappa shape index (κ1) is 13.9. The minimum Gasteiger partial charge on any atom is -0.247 e. The van der Waals surface area contributed by atoms with Crippen molar-refractivity contribution < 1.29 is 13.2 Å². The molecule has 0 spiro atoms. The monoisotopic (exact) mass is 307 g/mol. The Balaban J connectivity index is 2.37. The number of pyridine rings is 1. The Morgan fingerprint density at radius 3 is 2.38 bits per heavy atom. The summed E-state index contributed by atoms with van der Waals surface area (Å²) in [5.41, 5.74) is 1.01. The first-order valence-corrected chi connectivity index (χ1v) is 6.56. The molecule has 106 valence electrons. The summed E-state index contributed by atoms with van der Waals surface area (Å²) in [6.45, 7) is 1.66. The third-order valence-electron chi connectivity index (χ3n) is 3.30. The van der Waals surface area contributed by atoms with E-state index in [2.05, 4.69) is 4.98 Å². The van der Waals surface area contributed by atoms with Gasteiger partial charge >= 0.3 is 0 Å². The highest BCUT2D eigenvalue weighted by Gasteiger charge is 2.16. The molecule has 0 aliphatic rings. The maximum absolute atomic E-state index is 13.9. The number of nitrogens with zero attached hydrogens (tertiary/aromatic N) is 1. The fourth-order valence-electron chi connectivity index (χ4n) is 2.23. The second kappa shape index (κ2) is 5.04. The molecule has 1 aromatic heterocycles. The molecule has 3 aromatic rings. The van der Waals surface area contributed by atoms with Crippen LogP contribution in [0.15, 0.2) is 36.4 Å². The van der Waals surface area contributed by atoms with Crippen LogP contribution in [-0.4, -0.2) is 4.98 Å². The highest BCUT2D eigenvalue weighted by Crippen LogP contribution is 2.34. The van der Waals surface area contributed by atoms with Crippen LogP contribution >= 0.6 is 11.6 Å². The fourth-order valence-corrected chi connectivity index (χ4v) is 2.48. The predicted octanol–water partition coefficient (Wildman–Crippen LogP) is 5.28. The molecule has 0 bridgehead atoms. The predicted molar refractivity (Wildman–Crippen MR) is 76.8 cm³/mol. The summed E-state index contributed by atoms with van der Waals surface area (Å²) in [7, 11) is 0. The molecule has 0 atom stereocenters. The molecule has 21 heavy (non-hydrogen) atoms. The van der Waals surface area contributed by atoms with Crippen molar-refractivity contribution in [2.24, 2.45) is 0 Å². The van der Waals surface area contributed by atoms with Crippen molar-refractivity contribution in [2.45, 2.75) is 6.92 Å². The summed E-state index contributed by atoms with van der Waals surface area (Å²) in [5.74, 6) is -1.66. The van der Waals surface area contributed by atoms with Gasteiger partial charge < -0.3 is 0 Å². The molecule has 0 unspecified atom stereocenters. The van der Waals surface area contributed by atoms with Gasteiger partial charge in [-0.05, 0) is 42.8 Å². The standard InChI is InChI=1S/C16H9ClF3N/c1-8-15(17)11-4-2-10(19)7-14(11)21-16(8)12-6-9(18)3-5-13(12)20/h2-7H,1H3. The summed E-state index contributed by atoms with van der Waals surface area (Å²) in [5, 5.41) is 0.912. The maximum Gasteiger partial charge on any atom is 0.132 e. The van der Waals surface area contributed by atoms with Crippen LogP contribution < -0.4 is 0 Å². The summed E-state index contributed by atoms with van der Waals surface area (Å²) < 4.78 is 40.6. The van der Waals surface area contributed by atoms with E-state index < -0.39 is 17.5 Å². The van der Waals surface area contributed by atoms with Gasteiger partial charge in [-0.3, -0.25) is 0 Å². The number of hydrogen-bond acceptors (Lipinski definition) is 1. The first-order valence-electron chi connectivity index (χ1n) is 6.18. The van der Waals surface area contributed by atoms with Crippen LogP contribution in [0, 0.1) is 24.4 Å². The molecule has 2 aromatic carbocycles. The largest absolute Gasteiger partial charge is 0.247 e. The van der Waals surface area contributed by atoms with Crippen LogP contribution in [0.3, 0.4) is 0 Å². The van der Waals surface area contributed by atoms with Crippen molar-refractivity contribution >= 4 is 22.5 Å². The van der Waals surface area contributed by atoms with Crippen LogP contribution in [0.1, 0.15) is 5.56 Å². The SMILES string of the molecule is Cc1c(-c2cc(F)ccc2F)nc2cc(F)ccc2c1Cl. The van der Waals surface area contributed by atoms with E-state index in [1.165, 1.54) is 18.2 Å². The van der Waals surface area contributed by atoms with Gasteiger partial charge in [0.05, 0.1) is 16.2 Å². The zero-order valence-corrected chi connectivity index (χ0v) is 11.7. The highest BCUT2D eigenvalue weighted by atomic mass is 35.5. The number of aromatic nitrogens is 1. The lowest BCUT2D eigenvalue weighted by atomic mass is 10.0. The van der Waals surface area contributed by atoms with E-state index in [9.17, 15) is 13.2 Å². The van der Waals surface area contributed by atoms with Gasteiger partial charge in [0.1, 0.15) is 17.5 Å². The van der Waals surface area contributed by atoms with Crippen molar-refractivity contribution in [3.05, 3.63) is 64.4 Å². The van der Waals surface area contributed by atoms with Crippen molar-refractivity contribution in [1.82, 2.24) is 4.98 Å². The summed E-state index contributed by atoms with van der Waals surface area (Å²) in [4.78, 5) is 4.24. The van der Waals surface area contributed by atoms with Crippen LogP contribution in [0.25, 0.3) is 22.2 Å². The van der Waals surface area contributed by atoms with Crippen LogP contribution in [0.5, 0.6) is 0 Å². The fraction of sp³-hybridized carbons (Fsp3) is 0.0625. The molecule has 0 saturated carbocycles. The molecule has 0 amide bonds. The van der Waals surface area contributed by atoms with Gasteiger partial charge in [-0.2, -0.15) is 0 Å². The number of rotatable bonds is 1. The van der Waals surface area contributed by atoms with E-state index in [0.717, 1.165) is 18.2 Å². The van der Waals surface area contributed by atoms with Crippen molar-refractivity contribution in [1.29, 1.82) is 0 Å². The van der Waals surface area contributed by atoms with Gasteiger partial charge in [0, 0.05) is 17.0 Å². The summed E-state index contributed by atoms with van der Waals surface area (Å²) in [6.07, 6.45) is 0. The van der Waals surface area contributed by atoms with E-state index in [1.807, 2.05) is 0 Å². The average molecular weight is 308 g/mol. The maximum atomic E-state index is 13.9. The van der Waals surface area contributed by atoms with E-state index >= 15 is 0 Å². The van der Waals surface area contributed by atoms with Gasteiger partial charge in [-0.1, -0.05) is 11.6 Å². The molecule has 3 rings (SSSR count). The molecule has 0 aliphatic carbocycles. The second-order valence-corrected chi connectivity index (χ2v) is 5.06. The van der Waals surface area contributed by atoms with Crippen LogP contribution in [0.4, 0.5) is 13.2 Å². The highest BCUT2D eigenvalue weighted by molar-refractivity contribution is 6.36. The van der Waals surface area contributed by atoms with Gasteiger partial charge in [-0.25, -0.2) is 18.2 Å². The quantitative estimate of drug-likeness (QED) is 0.596. The molecule has 0 aliphatic heterocycles. The molecule has 5 heteroatoms. The topological polar surface area (TPSA) is 12.9 Å². The molecule has 0 fully saturated rings. The Bertz CT molecular complexity index is 862. The molecule has 1 heterocycles. The molecule has 0 radical (unpaired) electrons. The van der Waals surface area contributed by atoms with Crippen molar-refractivity contribution in [3.63, 3.8) is 0 Å². The van der Waals surface area contributed by atoms with E-state index in [-0.39, 0.29) is 11.3 Å². The molecule has 1 nitrogen and oxygen atoms in total. The van der Waals surface area contributed by atoms with Gasteiger partial charge in [0.2, 0.25) is 0 Å². The Hall–Kier alpha value is -2.07. The first-order chi connectivity index (χ1) is 9.97. The van der Waals surface area contributed by atoms with Gasteiger partial charge in [-0.15, -0.1) is 0 Å². The Morgan fingerprint density at radius 1 is 0.952 bits per heavy atom. The Labute approximate surface area is 124 Å². The lowest BCUT2D eigenvalue weighted by molar-refractivity contribution is 0.602. The molecular formula is C16H9ClF3N. The number of halogens is 4. The third-order valence-corrected chi connectivity index (χ3v) is 3.78. The zero-order valence-electron chi connectivity index (χ0n) is 10.9. The summed E-state index contributed by atoms with van der Waals surface area (Å²) >= 11 is 6.25. The number of benzene rings is 2. The van der Waals surface area contributed by atoms with Crippen LogP contribution in [0.2, 0.25) is 5.02 Å². The zero-order chi connectivity index (χ0) is 15.1. The normalized spacial score (nSPS) is 11.1.